The van der Waals surface area contributed by atoms with Gasteiger partial charge in [0.15, 0.2) is 0 Å². The van der Waals surface area contributed by atoms with E-state index >= 15 is 0 Å². The van der Waals surface area contributed by atoms with Crippen molar-refractivity contribution in [1.29, 1.82) is 0 Å². The number of ketones is 1. The van der Waals surface area contributed by atoms with Gasteiger partial charge < -0.3 is 19.5 Å². The summed E-state index contributed by atoms with van der Waals surface area (Å²) in [6.45, 7) is 7.03. The van der Waals surface area contributed by atoms with Crippen LogP contribution in [0.1, 0.15) is 37.5 Å². The van der Waals surface area contributed by atoms with Crippen LogP contribution in [0.25, 0.3) is 16.7 Å². The van der Waals surface area contributed by atoms with E-state index in [-0.39, 0.29) is 5.41 Å². The van der Waals surface area contributed by atoms with Crippen molar-refractivity contribution in [3.63, 3.8) is 0 Å². The topological polar surface area (TPSA) is 88.8 Å². The monoisotopic (exact) mass is 407 g/mol. The number of aromatic nitrogens is 1. The van der Waals surface area contributed by atoms with E-state index in [2.05, 4.69) is 45.0 Å². The molecule has 3 rings (SSSR count). The van der Waals surface area contributed by atoms with Crippen LogP contribution in [0.3, 0.4) is 0 Å². The van der Waals surface area contributed by atoms with Gasteiger partial charge in [-0.1, -0.05) is 45.0 Å². The molecule has 1 aromatic heterocycles. The zero-order valence-electron chi connectivity index (χ0n) is 17.5. The predicted molar refractivity (Wildman–Crippen MR) is 116 cm³/mol. The number of hydrogen-bond acceptors (Lipinski definition) is 4. The Morgan fingerprint density at radius 3 is 2.30 bits per heavy atom. The van der Waals surface area contributed by atoms with Gasteiger partial charge in [0, 0.05) is 35.3 Å². The molecule has 0 aliphatic rings. The van der Waals surface area contributed by atoms with Crippen molar-refractivity contribution >= 4 is 28.4 Å². The molecule has 6 heteroatoms. The summed E-state index contributed by atoms with van der Waals surface area (Å²) in [4.78, 5) is 22.4. The van der Waals surface area contributed by atoms with Gasteiger partial charge in [-0.3, -0.25) is 4.79 Å². The van der Waals surface area contributed by atoms with E-state index in [4.69, 9.17) is 9.84 Å². The molecule has 0 unspecified atom stereocenters. The van der Waals surface area contributed by atoms with Crippen LogP contribution in [0.4, 0.5) is 0 Å². The number of hydrogen-bond donors (Lipinski definition) is 2. The van der Waals surface area contributed by atoms with Gasteiger partial charge in [-0.05, 0) is 34.7 Å². The Morgan fingerprint density at radius 1 is 1.07 bits per heavy atom. The Kier molecular flexibility index (Phi) is 5.69. The molecule has 1 heterocycles. The molecule has 2 N–H and O–H groups in total. The second kappa shape index (κ2) is 8.06. The number of carboxylic acids is 1. The van der Waals surface area contributed by atoms with Gasteiger partial charge >= 0.3 is 5.97 Å². The Bertz CT molecular complexity index is 1130. The molecule has 0 bridgehead atoms. The summed E-state index contributed by atoms with van der Waals surface area (Å²) >= 11 is 0. The van der Waals surface area contributed by atoms with Gasteiger partial charge in [-0.15, -0.1) is 0 Å². The van der Waals surface area contributed by atoms with E-state index in [9.17, 15) is 14.7 Å². The molecule has 2 aromatic carbocycles. The van der Waals surface area contributed by atoms with E-state index < -0.39 is 17.5 Å². The van der Waals surface area contributed by atoms with E-state index in [1.165, 1.54) is 12.7 Å². The van der Waals surface area contributed by atoms with E-state index in [1.54, 1.807) is 12.3 Å². The number of nitrogens with zero attached hydrogens (tertiary/aromatic N) is 1. The Morgan fingerprint density at radius 2 is 1.73 bits per heavy atom. The van der Waals surface area contributed by atoms with Gasteiger partial charge in [0.05, 0.1) is 7.11 Å². The SMILES string of the molecule is COc1ccc2c(c1)c(/C(O)=C\C(=O)C(=O)O)cn2Cc1ccc(C(C)(C)C)cc1. The maximum Gasteiger partial charge on any atom is 0.376 e. The lowest BCUT2D eigenvalue weighted by molar-refractivity contribution is -0.146. The molecular formula is C24H25NO5. The summed E-state index contributed by atoms with van der Waals surface area (Å²) in [7, 11) is 1.54. The van der Waals surface area contributed by atoms with Crippen LogP contribution in [-0.4, -0.2) is 33.6 Å². The van der Waals surface area contributed by atoms with Crippen molar-refractivity contribution in [3.8, 4) is 5.75 Å². The van der Waals surface area contributed by atoms with Crippen LogP contribution in [0.15, 0.2) is 54.7 Å². The van der Waals surface area contributed by atoms with Gasteiger partial charge in [-0.2, -0.15) is 0 Å². The Hall–Kier alpha value is -3.54. The highest BCUT2D eigenvalue weighted by atomic mass is 16.5. The van der Waals surface area contributed by atoms with Crippen LogP contribution < -0.4 is 4.74 Å². The third-order valence-electron chi connectivity index (χ3n) is 5.02. The molecule has 0 amide bonds. The minimum Gasteiger partial charge on any atom is -0.507 e. The highest BCUT2D eigenvalue weighted by Gasteiger charge is 2.17. The molecule has 30 heavy (non-hydrogen) atoms. The number of carboxylic acid groups (broad SMARTS) is 1. The number of rotatable bonds is 6. The molecule has 0 radical (unpaired) electrons. The highest BCUT2D eigenvalue weighted by Crippen LogP contribution is 2.30. The van der Waals surface area contributed by atoms with Crippen molar-refractivity contribution in [2.24, 2.45) is 0 Å². The summed E-state index contributed by atoms with van der Waals surface area (Å²) < 4.78 is 7.23. The first-order valence-electron chi connectivity index (χ1n) is 9.54. The molecular weight excluding hydrogens is 382 g/mol. The number of aliphatic hydroxyl groups is 1. The summed E-state index contributed by atoms with van der Waals surface area (Å²) in [6.07, 6.45) is 2.43. The summed E-state index contributed by atoms with van der Waals surface area (Å²) in [5.41, 5.74) is 3.57. The fraction of sp³-hybridized carbons (Fsp3) is 0.250. The summed E-state index contributed by atoms with van der Waals surface area (Å²) in [6, 6.07) is 13.8. The first kappa shape index (κ1) is 21.2. The van der Waals surface area contributed by atoms with Crippen LogP contribution in [0, 0.1) is 0 Å². The molecule has 0 spiro atoms. The number of aliphatic carboxylic acids is 1. The minimum absolute atomic E-state index is 0.0651. The molecule has 3 aromatic rings. The predicted octanol–water partition coefficient (Wildman–Crippen LogP) is 4.55. The van der Waals surface area contributed by atoms with Gasteiger partial charge in [0.2, 0.25) is 0 Å². The zero-order chi connectivity index (χ0) is 22.1. The number of carbonyl (C=O) groups is 2. The van der Waals surface area contributed by atoms with Gasteiger partial charge in [-0.25, -0.2) is 4.79 Å². The maximum absolute atomic E-state index is 11.5. The lowest BCUT2D eigenvalue weighted by Crippen LogP contribution is -2.11. The van der Waals surface area contributed by atoms with Crippen LogP contribution in [-0.2, 0) is 21.5 Å². The third-order valence-corrected chi connectivity index (χ3v) is 5.02. The van der Waals surface area contributed by atoms with Crippen LogP contribution >= 0.6 is 0 Å². The smallest absolute Gasteiger partial charge is 0.376 e. The standard InChI is InChI=1S/C24H25NO5/c1-24(2,3)16-7-5-15(6-8-16)13-25-14-19(21(26)12-22(27)23(28)29)18-11-17(30-4)9-10-20(18)25/h5-12,14,26H,13H2,1-4H3,(H,28,29)/b21-12+. The van der Waals surface area contributed by atoms with Gasteiger partial charge in [0.1, 0.15) is 11.5 Å². The number of fused-ring (bicyclic) bond motifs is 1. The van der Waals surface area contributed by atoms with Crippen molar-refractivity contribution in [2.45, 2.75) is 32.7 Å². The van der Waals surface area contributed by atoms with Gasteiger partial charge in [0.25, 0.3) is 5.78 Å². The fourth-order valence-corrected chi connectivity index (χ4v) is 3.31. The number of methoxy groups -OCH3 is 1. The molecule has 0 aliphatic heterocycles. The second-order valence-corrected chi connectivity index (χ2v) is 8.20. The van der Waals surface area contributed by atoms with Crippen molar-refractivity contribution in [2.75, 3.05) is 7.11 Å². The number of benzene rings is 2. The van der Waals surface area contributed by atoms with Crippen molar-refractivity contribution < 1.29 is 24.5 Å². The van der Waals surface area contributed by atoms with Crippen LogP contribution in [0.2, 0.25) is 0 Å². The summed E-state index contributed by atoms with van der Waals surface area (Å²) in [5, 5.41) is 19.9. The molecule has 0 saturated heterocycles. The molecule has 0 atom stereocenters. The molecule has 0 fully saturated rings. The third kappa shape index (κ3) is 4.38. The first-order chi connectivity index (χ1) is 14.1. The number of aliphatic hydroxyl groups excluding tert-OH is 1. The van der Waals surface area contributed by atoms with E-state index in [0.29, 0.717) is 23.2 Å². The Balaban J connectivity index is 2.05. The van der Waals surface area contributed by atoms with E-state index in [1.807, 2.05) is 16.7 Å². The molecule has 6 nitrogen and oxygen atoms in total. The number of carbonyl (C=O) groups excluding carboxylic acids is 1. The lowest BCUT2D eigenvalue weighted by atomic mass is 9.87. The molecule has 0 aliphatic carbocycles. The van der Waals surface area contributed by atoms with Crippen molar-refractivity contribution in [1.82, 2.24) is 4.57 Å². The second-order valence-electron chi connectivity index (χ2n) is 8.20. The lowest BCUT2D eigenvalue weighted by Gasteiger charge is -2.19. The Labute approximate surface area is 175 Å². The molecule has 156 valence electrons. The first-order valence-corrected chi connectivity index (χ1v) is 9.54. The average molecular weight is 407 g/mol. The van der Waals surface area contributed by atoms with Crippen molar-refractivity contribution in [3.05, 3.63) is 71.4 Å². The van der Waals surface area contributed by atoms with Crippen LogP contribution in [0.5, 0.6) is 5.75 Å². The quantitative estimate of drug-likeness (QED) is 0.356. The zero-order valence-corrected chi connectivity index (χ0v) is 17.5. The minimum atomic E-state index is -1.62. The summed E-state index contributed by atoms with van der Waals surface area (Å²) in [5.74, 6) is -2.62. The highest BCUT2D eigenvalue weighted by molar-refractivity contribution is 6.38. The normalized spacial score (nSPS) is 12.2. The van der Waals surface area contributed by atoms with E-state index in [0.717, 1.165) is 17.2 Å². The average Bonchev–Trinajstić information content (AvgIpc) is 3.05. The largest absolute Gasteiger partial charge is 0.507 e. The maximum atomic E-state index is 11.5. The fourth-order valence-electron chi connectivity index (χ4n) is 3.31. The number of ether oxygens (including phenoxy) is 1. The molecule has 0 saturated carbocycles.